The van der Waals surface area contributed by atoms with Gasteiger partial charge in [-0.05, 0) is 65.1 Å². The Hall–Kier alpha value is -2.19. The molecule has 4 nitrogen and oxygen atoms in total. The molecular formula is C20H12BrIN2O2. The van der Waals surface area contributed by atoms with Crippen LogP contribution in [0, 0.1) is 3.57 Å². The van der Waals surface area contributed by atoms with Gasteiger partial charge in [0, 0.05) is 27.9 Å². The van der Waals surface area contributed by atoms with Crippen molar-refractivity contribution in [2.75, 3.05) is 0 Å². The van der Waals surface area contributed by atoms with E-state index in [0.717, 1.165) is 24.8 Å². The maximum atomic E-state index is 10.1. The lowest BCUT2D eigenvalue weighted by molar-refractivity contribution is 0.470. The predicted octanol–water partition coefficient (Wildman–Crippen LogP) is 6.32. The number of phenols is 1. The molecule has 0 atom stereocenters. The van der Waals surface area contributed by atoms with Gasteiger partial charge in [0.25, 0.3) is 0 Å². The lowest BCUT2D eigenvalue weighted by atomic mass is 10.2. The topological polar surface area (TPSA) is 58.6 Å². The highest BCUT2D eigenvalue weighted by atomic mass is 127. The number of nitrogens with zero attached hydrogens (tertiary/aromatic N) is 2. The van der Waals surface area contributed by atoms with Crippen molar-refractivity contribution >= 4 is 61.5 Å². The van der Waals surface area contributed by atoms with E-state index >= 15 is 0 Å². The average Bonchev–Trinajstić information content (AvgIpc) is 3.06. The first-order valence-corrected chi connectivity index (χ1v) is 9.65. The molecule has 6 heteroatoms. The minimum absolute atomic E-state index is 0.231. The molecule has 0 unspecified atom stereocenters. The number of aromatic nitrogens is 1. The number of hydrogen-bond acceptors (Lipinski definition) is 4. The number of phenolic OH excluding ortho intramolecular Hbond substituents is 1. The molecule has 0 aliphatic heterocycles. The number of benzene rings is 3. The second kappa shape index (κ2) is 7.20. The Morgan fingerprint density at radius 3 is 2.77 bits per heavy atom. The fraction of sp³-hybridized carbons (Fsp3) is 0. The van der Waals surface area contributed by atoms with E-state index in [9.17, 15) is 5.11 Å². The summed E-state index contributed by atoms with van der Waals surface area (Å²) < 4.78 is 7.65. The van der Waals surface area contributed by atoms with Crippen LogP contribution < -0.4 is 0 Å². The Bertz CT molecular complexity index is 1140. The van der Waals surface area contributed by atoms with E-state index in [1.165, 1.54) is 0 Å². The zero-order valence-electron chi connectivity index (χ0n) is 13.4. The zero-order valence-corrected chi connectivity index (χ0v) is 17.1. The van der Waals surface area contributed by atoms with Crippen LogP contribution in [0.5, 0.6) is 5.75 Å². The van der Waals surface area contributed by atoms with Crippen LogP contribution in [-0.4, -0.2) is 16.3 Å². The molecule has 3 aromatic carbocycles. The molecule has 0 radical (unpaired) electrons. The predicted molar refractivity (Wildman–Crippen MR) is 115 cm³/mol. The molecule has 4 aromatic rings. The standard InChI is InChI=1S/C20H12BrIN2O2/c21-14-5-1-3-12(9-14)20-24-17-8-7-15(10-18(17)26-20)23-11-13-4-2-6-16(22)19(13)25/h1-11,25H. The molecule has 0 saturated carbocycles. The zero-order chi connectivity index (χ0) is 18.1. The van der Waals surface area contributed by atoms with E-state index in [2.05, 4.69) is 48.5 Å². The Morgan fingerprint density at radius 2 is 1.92 bits per heavy atom. The molecule has 4 rings (SSSR count). The van der Waals surface area contributed by atoms with E-state index in [0.29, 0.717) is 17.0 Å². The molecule has 0 aliphatic rings. The summed E-state index contributed by atoms with van der Waals surface area (Å²) in [5.41, 5.74) is 3.75. The minimum Gasteiger partial charge on any atom is -0.506 e. The van der Waals surface area contributed by atoms with Crippen molar-refractivity contribution in [1.29, 1.82) is 0 Å². The number of aliphatic imine (C=N–C) groups is 1. The Kier molecular flexibility index (Phi) is 4.78. The highest BCUT2D eigenvalue weighted by Gasteiger charge is 2.09. The van der Waals surface area contributed by atoms with Crippen LogP contribution in [0.3, 0.4) is 0 Å². The Morgan fingerprint density at radius 1 is 1.08 bits per heavy atom. The number of rotatable bonds is 3. The first-order chi connectivity index (χ1) is 12.6. The first-order valence-electron chi connectivity index (χ1n) is 7.78. The van der Waals surface area contributed by atoms with Crippen LogP contribution in [0.4, 0.5) is 5.69 Å². The molecule has 0 saturated heterocycles. The van der Waals surface area contributed by atoms with Gasteiger partial charge >= 0.3 is 0 Å². The molecule has 0 aliphatic carbocycles. The van der Waals surface area contributed by atoms with Gasteiger partial charge in [0.15, 0.2) is 5.58 Å². The van der Waals surface area contributed by atoms with Gasteiger partial charge in [-0.25, -0.2) is 4.98 Å². The summed E-state index contributed by atoms with van der Waals surface area (Å²) in [5, 5.41) is 10.1. The molecule has 0 fully saturated rings. The van der Waals surface area contributed by atoms with Crippen LogP contribution in [0.15, 0.2) is 74.5 Å². The summed E-state index contributed by atoms with van der Waals surface area (Å²) in [7, 11) is 0. The monoisotopic (exact) mass is 518 g/mol. The van der Waals surface area contributed by atoms with Crippen LogP contribution in [0.25, 0.3) is 22.6 Å². The summed E-state index contributed by atoms with van der Waals surface area (Å²) in [5.74, 6) is 0.798. The maximum Gasteiger partial charge on any atom is 0.227 e. The molecule has 128 valence electrons. The number of hydrogen-bond donors (Lipinski definition) is 1. The van der Waals surface area contributed by atoms with Crippen molar-refractivity contribution in [1.82, 2.24) is 4.98 Å². The lowest BCUT2D eigenvalue weighted by Gasteiger charge is -2.00. The van der Waals surface area contributed by atoms with Gasteiger partial charge in [-0.15, -0.1) is 0 Å². The Labute approximate surface area is 171 Å². The maximum absolute atomic E-state index is 10.1. The smallest absolute Gasteiger partial charge is 0.227 e. The van der Waals surface area contributed by atoms with Crippen LogP contribution in [-0.2, 0) is 0 Å². The van der Waals surface area contributed by atoms with E-state index < -0.39 is 0 Å². The van der Waals surface area contributed by atoms with E-state index in [-0.39, 0.29) is 5.75 Å². The quantitative estimate of drug-likeness (QED) is 0.255. The Balaban J connectivity index is 1.67. The summed E-state index contributed by atoms with van der Waals surface area (Å²) in [6.07, 6.45) is 1.64. The third-order valence-electron chi connectivity index (χ3n) is 3.81. The molecule has 26 heavy (non-hydrogen) atoms. The van der Waals surface area contributed by atoms with Gasteiger partial charge < -0.3 is 9.52 Å². The number of aromatic hydroxyl groups is 1. The van der Waals surface area contributed by atoms with E-state index in [1.807, 2.05) is 60.7 Å². The molecule has 0 bridgehead atoms. The first kappa shape index (κ1) is 17.2. The van der Waals surface area contributed by atoms with E-state index in [1.54, 1.807) is 6.21 Å². The van der Waals surface area contributed by atoms with Gasteiger partial charge in [-0.2, -0.15) is 0 Å². The second-order valence-corrected chi connectivity index (χ2v) is 7.70. The number of para-hydroxylation sites is 1. The van der Waals surface area contributed by atoms with Crippen LogP contribution in [0.2, 0.25) is 0 Å². The minimum atomic E-state index is 0.231. The summed E-state index contributed by atoms with van der Waals surface area (Å²) in [6.45, 7) is 0. The number of fused-ring (bicyclic) bond motifs is 1. The molecule has 1 N–H and O–H groups in total. The van der Waals surface area contributed by atoms with Gasteiger partial charge in [0.1, 0.15) is 11.3 Å². The van der Waals surface area contributed by atoms with E-state index in [4.69, 9.17) is 4.42 Å². The molecular weight excluding hydrogens is 507 g/mol. The van der Waals surface area contributed by atoms with Crippen molar-refractivity contribution in [3.05, 3.63) is 74.3 Å². The number of halogens is 2. The average molecular weight is 519 g/mol. The largest absolute Gasteiger partial charge is 0.506 e. The van der Waals surface area contributed by atoms with Crippen molar-refractivity contribution in [2.45, 2.75) is 0 Å². The summed E-state index contributed by atoms with van der Waals surface area (Å²) in [4.78, 5) is 8.97. The highest BCUT2D eigenvalue weighted by molar-refractivity contribution is 14.1. The number of oxazole rings is 1. The molecule has 0 spiro atoms. The van der Waals surface area contributed by atoms with Gasteiger partial charge in [-0.3, -0.25) is 4.99 Å². The summed E-state index contributed by atoms with van der Waals surface area (Å²) >= 11 is 5.55. The summed E-state index contributed by atoms with van der Waals surface area (Å²) in [6, 6.07) is 18.9. The van der Waals surface area contributed by atoms with Gasteiger partial charge in [0.2, 0.25) is 5.89 Å². The third-order valence-corrected chi connectivity index (χ3v) is 5.18. The normalized spacial score (nSPS) is 11.5. The second-order valence-electron chi connectivity index (χ2n) is 5.62. The lowest BCUT2D eigenvalue weighted by Crippen LogP contribution is -1.84. The fourth-order valence-electron chi connectivity index (χ4n) is 2.52. The third kappa shape index (κ3) is 3.52. The molecule has 1 heterocycles. The fourth-order valence-corrected chi connectivity index (χ4v) is 3.44. The van der Waals surface area contributed by atoms with Gasteiger partial charge in [-0.1, -0.05) is 28.1 Å². The molecule has 1 aromatic heterocycles. The highest BCUT2D eigenvalue weighted by Crippen LogP contribution is 2.29. The van der Waals surface area contributed by atoms with Crippen molar-refractivity contribution in [2.24, 2.45) is 4.99 Å². The SMILES string of the molecule is Oc1c(I)cccc1C=Nc1ccc2nc(-c3cccc(Br)c3)oc2c1. The van der Waals surface area contributed by atoms with Crippen molar-refractivity contribution < 1.29 is 9.52 Å². The van der Waals surface area contributed by atoms with Crippen LogP contribution in [0.1, 0.15) is 5.56 Å². The van der Waals surface area contributed by atoms with Crippen LogP contribution >= 0.6 is 38.5 Å². The van der Waals surface area contributed by atoms with Crippen molar-refractivity contribution in [3.63, 3.8) is 0 Å². The molecule has 0 amide bonds. The van der Waals surface area contributed by atoms with Gasteiger partial charge in [0.05, 0.1) is 9.26 Å². The van der Waals surface area contributed by atoms with Crippen molar-refractivity contribution in [3.8, 4) is 17.2 Å².